The highest BCUT2D eigenvalue weighted by Gasteiger charge is 2.38. The maximum atomic E-state index is 2.44. The molecule has 2 aliphatic carbocycles. The van der Waals surface area contributed by atoms with E-state index in [9.17, 15) is 0 Å². The van der Waals surface area contributed by atoms with Gasteiger partial charge in [0.15, 0.2) is 0 Å². The highest BCUT2D eigenvalue weighted by molar-refractivity contribution is 4.98. The van der Waals surface area contributed by atoms with Gasteiger partial charge in [-0.2, -0.15) is 0 Å². The molecule has 86 valence electrons. The average molecular weight is 206 g/mol. The number of hydrogen-bond donors (Lipinski definition) is 0. The Morgan fingerprint density at radius 2 is 1.93 bits per heavy atom. The van der Waals surface area contributed by atoms with E-state index in [-0.39, 0.29) is 0 Å². The summed E-state index contributed by atoms with van der Waals surface area (Å²) in [6, 6.07) is 0. The summed E-state index contributed by atoms with van der Waals surface area (Å²) in [4.78, 5) is 0. The first kappa shape index (κ1) is 11.2. The second-order valence-corrected chi connectivity index (χ2v) is 5.65. The van der Waals surface area contributed by atoms with Crippen molar-refractivity contribution in [3.8, 4) is 0 Å². The predicted octanol–water partition coefficient (Wildman–Crippen LogP) is 5.09. The van der Waals surface area contributed by atoms with Crippen molar-refractivity contribution in [2.24, 2.45) is 11.3 Å². The van der Waals surface area contributed by atoms with Crippen molar-refractivity contribution < 1.29 is 0 Å². The van der Waals surface area contributed by atoms with Gasteiger partial charge < -0.3 is 0 Å². The summed E-state index contributed by atoms with van der Waals surface area (Å²) in [5.41, 5.74) is 0.748. The van der Waals surface area contributed by atoms with Gasteiger partial charge in [0.05, 0.1) is 0 Å². The minimum atomic E-state index is 0.748. The monoisotopic (exact) mass is 206 g/mol. The maximum Gasteiger partial charge on any atom is -0.0266 e. The second kappa shape index (κ2) is 5.18. The molecule has 1 saturated carbocycles. The Bertz CT molecular complexity index is 203. The van der Waals surface area contributed by atoms with Gasteiger partial charge >= 0.3 is 0 Å². The molecule has 1 atom stereocenters. The fourth-order valence-electron chi connectivity index (χ4n) is 3.97. The molecule has 1 fully saturated rings. The molecule has 0 aromatic rings. The maximum absolute atomic E-state index is 2.44. The summed E-state index contributed by atoms with van der Waals surface area (Å²) in [5, 5.41) is 0. The van der Waals surface area contributed by atoms with Crippen LogP contribution >= 0.6 is 0 Å². The van der Waals surface area contributed by atoms with Gasteiger partial charge in [-0.05, 0) is 49.9 Å². The Kier molecular flexibility index (Phi) is 3.88. The van der Waals surface area contributed by atoms with E-state index < -0.39 is 0 Å². The van der Waals surface area contributed by atoms with Crippen LogP contribution in [0.1, 0.15) is 71.1 Å². The summed E-state index contributed by atoms with van der Waals surface area (Å²) in [7, 11) is 0. The molecule has 1 unspecified atom stereocenters. The van der Waals surface area contributed by atoms with Gasteiger partial charge in [-0.15, -0.1) is 0 Å². The molecular weight excluding hydrogens is 180 g/mol. The van der Waals surface area contributed by atoms with E-state index in [4.69, 9.17) is 0 Å². The molecule has 2 rings (SSSR count). The topological polar surface area (TPSA) is 0 Å². The zero-order valence-electron chi connectivity index (χ0n) is 10.3. The minimum absolute atomic E-state index is 0.748. The fourth-order valence-corrected chi connectivity index (χ4v) is 3.97. The molecule has 2 aliphatic rings. The Morgan fingerprint density at radius 3 is 2.53 bits per heavy atom. The van der Waals surface area contributed by atoms with Gasteiger partial charge in [-0.3, -0.25) is 0 Å². The first-order valence-corrected chi connectivity index (χ1v) is 7.02. The molecule has 0 saturated heterocycles. The molecule has 0 heterocycles. The minimum Gasteiger partial charge on any atom is -0.0885 e. The standard InChI is InChI=1S/C15H26/c1-2-11-15(12-7-4-8-13-15)14-9-5-3-6-10-14/h3,5,14H,2,4,6-13H2,1H3. The van der Waals surface area contributed by atoms with E-state index in [2.05, 4.69) is 19.1 Å². The van der Waals surface area contributed by atoms with Crippen LogP contribution in [-0.4, -0.2) is 0 Å². The highest BCUT2D eigenvalue weighted by Crippen LogP contribution is 2.50. The third-order valence-corrected chi connectivity index (χ3v) is 4.73. The third kappa shape index (κ3) is 2.46. The van der Waals surface area contributed by atoms with Gasteiger partial charge in [0.2, 0.25) is 0 Å². The Hall–Kier alpha value is -0.260. The van der Waals surface area contributed by atoms with Crippen LogP contribution in [0.4, 0.5) is 0 Å². The summed E-state index contributed by atoms with van der Waals surface area (Å²) >= 11 is 0. The van der Waals surface area contributed by atoms with Gasteiger partial charge in [0, 0.05) is 0 Å². The van der Waals surface area contributed by atoms with Crippen LogP contribution in [0.5, 0.6) is 0 Å². The van der Waals surface area contributed by atoms with Crippen molar-refractivity contribution >= 4 is 0 Å². The van der Waals surface area contributed by atoms with Crippen molar-refractivity contribution in [2.75, 3.05) is 0 Å². The zero-order chi connectivity index (χ0) is 10.6. The lowest BCUT2D eigenvalue weighted by Crippen LogP contribution is -2.33. The van der Waals surface area contributed by atoms with Crippen LogP contribution in [0.3, 0.4) is 0 Å². The summed E-state index contributed by atoms with van der Waals surface area (Å²) in [6.07, 6.45) is 19.4. The lowest BCUT2D eigenvalue weighted by atomic mass is 9.61. The Morgan fingerprint density at radius 1 is 1.13 bits per heavy atom. The predicted molar refractivity (Wildman–Crippen MR) is 66.9 cm³/mol. The first-order chi connectivity index (χ1) is 7.37. The number of rotatable bonds is 3. The van der Waals surface area contributed by atoms with E-state index in [0.717, 1.165) is 11.3 Å². The molecular formula is C15H26. The molecule has 15 heavy (non-hydrogen) atoms. The quantitative estimate of drug-likeness (QED) is 0.564. The molecule has 0 nitrogen and oxygen atoms in total. The van der Waals surface area contributed by atoms with Gasteiger partial charge in [-0.25, -0.2) is 0 Å². The van der Waals surface area contributed by atoms with Crippen LogP contribution in [0.15, 0.2) is 12.2 Å². The SMILES string of the molecule is CCCC1(C2CC=CCC2)CCCCC1. The molecule has 0 bridgehead atoms. The first-order valence-electron chi connectivity index (χ1n) is 7.02. The van der Waals surface area contributed by atoms with E-state index >= 15 is 0 Å². The molecule has 0 radical (unpaired) electrons. The molecule has 0 N–H and O–H groups in total. The lowest BCUT2D eigenvalue weighted by Gasteiger charge is -2.45. The molecule has 0 aromatic carbocycles. The smallest absolute Gasteiger partial charge is 0.0266 e. The average Bonchev–Trinajstić information content (AvgIpc) is 2.32. The summed E-state index contributed by atoms with van der Waals surface area (Å²) in [5.74, 6) is 1.02. The van der Waals surface area contributed by atoms with E-state index in [0.29, 0.717) is 0 Å². The van der Waals surface area contributed by atoms with E-state index in [1.807, 2.05) is 0 Å². The van der Waals surface area contributed by atoms with Crippen LogP contribution in [-0.2, 0) is 0 Å². The molecule has 0 aromatic heterocycles. The van der Waals surface area contributed by atoms with Gasteiger partial charge in [-0.1, -0.05) is 44.8 Å². The van der Waals surface area contributed by atoms with Gasteiger partial charge in [0.1, 0.15) is 0 Å². The fraction of sp³-hybridized carbons (Fsp3) is 0.867. The number of allylic oxidation sites excluding steroid dienone is 2. The van der Waals surface area contributed by atoms with Crippen molar-refractivity contribution in [3.63, 3.8) is 0 Å². The normalized spacial score (nSPS) is 30.3. The largest absolute Gasteiger partial charge is 0.0885 e. The molecule has 0 amide bonds. The van der Waals surface area contributed by atoms with Crippen LogP contribution in [0.2, 0.25) is 0 Å². The zero-order valence-corrected chi connectivity index (χ0v) is 10.3. The molecule has 0 spiro atoms. The summed E-state index contributed by atoms with van der Waals surface area (Å²) in [6.45, 7) is 2.37. The van der Waals surface area contributed by atoms with Gasteiger partial charge in [0.25, 0.3) is 0 Å². The van der Waals surface area contributed by atoms with Crippen molar-refractivity contribution in [1.29, 1.82) is 0 Å². The van der Waals surface area contributed by atoms with Crippen LogP contribution in [0.25, 0.3) is 0 Å². The number of hydrogen-bond acceptors (Lipinski definition) is 0. The van der Waals surface area contributed by atoms with Crippen LogP contribution < -0.4 is 0 Å². The lowest BCUT2D eigenvalue weighted by molar-refractivity contribution is 0.0757. The van der Waals surface area contributed by atoms with E-state index in [1.165, 1.54) is 64.2 Å². The highest BCUT2D eigenvalue weighted by atomic mass is 14.4. The van der Waals surface area contributed by atoms with E-state index in [1.54, 1.807) is 0 Å². The Balaban J connectivity index is 2.05. The van der Waals surface area contributed by atoms with Crippen molar-refractivity contribution in [2.45, 2.75) is 71.1 Å². The Labute approximate surface area is 95.1 Å². The van der Waals surface area contributed by atoms with Crippen molar-refractivity contribution in [1.82, 2.24) is 0 Å². The van der Waals surface area contributed by atoms with Crippen LogP contribution in [0, 0.1) is 11.3 Å². The molecule has 0 heteroatoms. The van der Waals surface area contributed by atoms with Crippen molar-refractivity contribution in [3.05, 3.63) is 12.2 Å². The second-order valence-electron chi connectivity index (χ2n) is 5.65. The summed E-state index contributed by atoms with van der Waals surface area (Å²) < 4.78 is 0. The third-order valence-electron chi connectivity index (χ3n) is 4.73. The molecule has 0 aliphatic heterocycles.